The van der Waals surface area contributed by atoms with Crippen LogP contribution in [-0.2, 0) is 4.79 Å². The number of carbonyl (C=O) groups excluding carboxylic acids is 2. The summed E-state index contributed by atoms with van der Waals surface area (Å²) in [5.74, 6) is 0.408. The van der Waals surface area contributed by atoms with E-state index in [9.17, 15) is 9.59 Å². The summed E-state index contributed by atoms with van der Waals surface area (Å²) in [6.07, 6.45) is 6.20. The summed E-state index contributed by atoms with van der Waals surface area (Å²) in [5.41, 5.74) is 2.33. The first-order valence-electron chi connectivity index (χ1n) is 10.9. The molecule has 2 rings (SSSR count). The van der Waals surface area contributed by atoms with Crippen molar-refractivity contribution in [2.75, 3.05) is 29.9 Å². The summed E-state index contributed by atoms with van der Waals surface area (Å²) in [6.45, 7) is 11.0. The van der Waals surface area contributed by atoms with Gasteiger partial charge in [0.05, 0.1) is 5.56 Å². The summed E-state index contributed by atoms with van der Waals surface area (Å²) < 4.78 is 0. The molecule has 1 heterocycles. The third-order valence-corrected chi connectivity index (χ3v) is 5.40. The van der Waals surface area contributed by atoms with Crippen molar-refractivity contribution in [1.29, 1.82) is 0 Å². The largest absolute Gasteiger partial charge is 0.371 e. The molecule has 2 amide bonds. The molecule has 1 fully saturated rings. The van der Waals surface area contributed by atoms with Gasteiger partial charge in [-0.25, -0.2) is 0 Å². The molecule has 0 radical (unpaired) electrons. The minimum absolute atomic E-state index is 0.0245. The maximum absolute atomic E-state index is 12.8. The van der Waals surface area contributed by atoms with Crippen LogP contribution in [0.3, 0.4) is 0 Å². The lowest BCUT2D eigenvalue weighted by Crippen LogP contribution is -2.30. The van der Waals surface area contributed by atoms with Crippen LogP contribution >= 0.6 is 0 Å². The first-order chi connectivity index (χ1) is 13.5. The van der Waals surface area contributed by atoms with Gasteiger partial charge in [-0.15, -0.1) is 0 Å². The van der Waals surface area contributed by atoms with Gasteiger partial charge in [-0.3, -0.25) is 9.59 Å². The predicted molar refractivity (Wildman–Crippen MR) is 117 cm³/mol. The molecule has 1 aromatic carbocycles. The van der Waals surface area contributed by atoms with E-state index in [1.807, 2.05) is 18.2 Å². The van der Waals surface area contributed by atoms with Crippen LogP contribution in [0.4, 0.5) is 11.4 Å². The van der Waals surface area contributed by atoms with Crippen molar-refractivity contribution in [2.45, 2.75) is 66.2 Å². The summed E-state index contributed by atoms with van der Waals surface area (Å²) in [6, 6.07) is 5.75. The van der Waals surface area contributed by atoms with E-state index in [1.165, 1.54) is 0 Å². The van der Waals surface area contributed by atoms with Gasteiger partial charge in [0.25, 0.3) is 5.91 Å². The molecule has 0 aliphatic carbocycles. The lowest BCUT2D eigenvalue weighted by molar-refractivity contribution is -0.120. The number of nitrogens with zero attached hydrogens (tertiary/aromatic N) is 1. The van der Waals surface area contributed by atoms with Crippen LogP contribution in [0.15, 0.2) is 18.2 Å². The molecular formula is C23H37N3O2. The number of hydrogen-bond acceptors (Lipinski definition) is 3. The van der Waals surface area contributed by atoms with Gasteiger partial charge < -0.3 is 15.5 Å². The average Bonchev–Trinajstić information content (AvgIpc) is 3.21. The Bertz CT molecular complexity index is 651. The molecule has 0 saturated carbocycles. The van der Waals surface area contributed by atoms with Crippen molar-refractivity contribution in [3.05, 3.63) is 23.8 Å². The molecule has 28 heavy (non-hydrogen) atoms. The van der Waals surface area contributed by atoms with Gasteiger partial charge in [-0.05, 0) is 49.8 Å². The number of nitrogens with one attached hydrogen (secondary N) is 2. The van der Waals surface area contributed by atoms with E-state index in [2.05, 4.69) is 43.2 Å². The maximum Gasteiger partial charge on any atom is 0.253 e. The van der Waals surface area contributed by atoms with Crippen molar-refractivity contribution in [3.8, 4) is 0 Å². The number of carbonyl (C=O) groups is 2. The van der Waals surface area contributed by atoms with Gasteiger partial charge in [-0.2, -0.15) is 0 Å². The van der Waals surface area contributed by atoms with Crippen LogP contribution in [0.25, 0.3) is 0 Å². The molecule has 1 aromatic rings. The molecule has 1 atom stereocenters. The van der Waals surface area contributed by atoms with Crippen LogP contribution < -0.4 is 15.5 Å². The quantitative estimate of drug-likeness (QED) is 0.604. The van der Waals surface area contributed by atoms with Crippen LogP contribution in [0.1, 0.15) is 76.6 Å². The highest BCUT2D eigenvalue weighted by atomic mass is 16.2. The van der Waals surface area contributed by atoms with Gasteiger partial charge in [0, 0.05) is 36.9 Å². The highest BCUT2D eigenvalue weighted by molar-refractivity contribution is 6.02. The Morgan fingerprint density at radius 2 is 1.86 bits per heavy atom. The predicted octanol–water partition coefficient (Wildman–Crippen LogP) is 4.83. The highest BCUT2D eigenvalue weighted by Crippen LogP contribution is 2.28. The Morgan fingerprint density at radius 1 is 1.14 bits per heavy atom. The van der Waals surface area contributed by atoms with E-state index in [-0.39, 0.29) is 17.7 Å². The molecule has 1 aliphatic heterocycles. The van der Waals surface area contributed by atoms with Crippen molar-refractivity contribution in [2.24, 2.45) is 11.8 Å². The topological polar surface area (TPSA) is 61.4 Å². The standard InChI is InChI=1S/C23H37N3O2/c1-5-7-10-18(6-2)22(27)25-19-11-12-21(26-13-8-9-14-26)20(15-19)23(28)24-16-17(3)4/h11-12,15,17-18H,5-10,13-14,16H2,1-4H3,(H,24,28)(H,25,27)/t18-/m1/s1. The fourth-order valence-electron chi connectivity index (χ4n) is 3.64. The molecule has 5 nitrogen and oxygen atoms in total. The second kappa shape index (κ2) is 11.1. The zero-order chi connectivity index (χ0) is 20.5. The molecule has 2 N–H and O–H groups in total. The van der Waals surface area contributed by atoms with Gasteiger partial charge in [-0.1, -0.05) is 40.5 Å². The van der Waals surface area contributed by atoms with E-state index in [4.69, 9.17) is 0 Å². The van der Waals surface area contributed by atoms with Crippen LogP contribution in [-0.4, -0.2) is 31.4 Å². The van der Waals surface area contributed by atoms with Crippen molar-refractivity contribution < 1.29 is 9.59 Å². The molecule has 1 saturated heterocycles. The number of hydrogen-bond donors (Lipinski definition) is 2. The molecule has 1 aliphatic rings. The van der Waals surface area contributed by atoms with E-state index in [1.54, 1.807) is 0 Å². The number of unbranched alkanes of at least 4 members (excludes halogenated alkanes) is 1. The van der Waals surface area contributed by atoms with E-state index >= 15 is 0 Å². The third kappa shape index (κ3) is 6.25. The third-order valence-electron chi connectivity index (χ3n) is 5.40. The summed E-state index contributed by atoms with van der Waals surface area (Å²) in [7, 11) is 0. The fraction of sp³-hybridized carbons (Fsp3) is 0.652. The zero-order valence-corrected chi connectivity index (χ0v) is 18.0. The Kier molecular flexibility index (Phi) is 8.81. The lowest BCUT2D eigenvalue weighted by atomic mass is 9.98. The van der Waals surface area contributed by atoms with Crippen molar-refractivity contribution in [3.63, 3.8) is 0 Å². The Labute approximate surface area is 170 Å². The lowest BCUT2D eigenvalue weighted by Gasteiger charge is -2.22. The number of anilines is 2. The van der Waals surface area contributed by atoms with E-state index in [0.717, 1.165) is 57.3 Å². The van der Waals surface area contributed by atoms with E-state index in [0.29, 0.717) is 23.7 Å². The van der Waals surface area contributed by atoms with Crippen molar-refractivity contribution >= 4 is 23.2 Å². The SMILES string of the molecule is CCCC[C@@H](CC)C(=O)Nc1ccc(N2CCCC2)c(C(=O)NCC(C)C)c1. The van der Waals surface area contributed by atoms with E-state index < -0.39 is 0 Å². The Hall–Kier alpha value is -2.04. The number of rotatable bonds is 10. The first kappa shape index (κ1) is 22.3. The first-order valence-corrected chi connectivity index (χ1v) is 10.9. The van der Waals surface area contributed by atoms with Gasteiger partial charge >= 0.3 is 0 Å². The smallest absolute Gasteiger partial charge is 0.253 e. The maximum atomic E-state index is 12.8. The molecular weight excluding hydrogens is 350 g/mol. The average molecular weight is 388 g/mol. The molecule has 0 aromatic heterocycles. The van der Waals surface area contributed by atoms with Crippen LogP contribution in [0.2, 0.25) is 0 Å². The normalized spacial score (nSPS) is 15.0. The van der Waals surface area contributed by atoms with Crippen LogP contribution in [0.5, 0.6) is 0 Å². The number of benzene rings is 1. The van der Waals surface area contributed by atoms with Gasteiger partial charge in [0.2, 0.25) is 5.91 Å². The molecule has 0 bridgehead atoms. The highest BCUT2D eigenvalue weighted by Gasteiger charge is 2.22. The Morgan fingerprint density at radius 3 is 2.46 bits per heavy atom. The fourth-order valence-corrected chi connectivity index (χ4v) is 3.64. The number of amides is 2. The summed E-state index contributed by atoms with van der Waals surface area (Å²) >= 11 is 0. The minimum Gasteiger partial charge on any atom is -0.371 e. The molecule has 0 spiro atoms. The second-order valence-electron chi connectivity index (χ2n) is 8.27. The summed E-state index contributed by atoms with van der Waals surface area (Å²) in [5, 5.41) is 6.07. The molecule has 156 valence electrons. The second-order valence-corrected chi connectivity index (χ2v) is 8.27. The van der Waals surface area contributed by atoms with Crippen LogP contribution in [0, 0.1) is 11.8 Å². The van der Waals surface area contributed by atoms with Crippen molar-refractivity contribution in [1.82, 2.24) is 5.32 Å². The van der Waals surface area contributed by atoms with Gasteiger partial charge in [0.1, 0.15) is 0 Å². The monoisotopic (exact) mass is 387 g/mol. The Balaban J connectivity index is 2.20. The minimum atomic E-state index is -0.0651. The summed E-state index contributed by atoms with van der Waals surface area (Å²) in [4.78, 5) is 27.8. The zero-order valence-electron chi connectivity index (χ0n) is 18.0. The van der Waals surface area contributed by atoms with Gasteiger partial charge in [0.15, 0.2) is 0 Å². The molecule has 5 heteroatoms. The molecule has 0 unspecified atom stereocenters.